The van der Waals surface area contributed by atoms with Gasteiger partial charge in [0.15, 0.2) is 0 Å². The largest absolute Gasteiger partial charge is 0.310 e. The van der Waals surface area contributed by atoms with Gasteiger partial charge >= 0.3 is 0 Å². The minimum absolute atomic E-state index is 0.611. The van der Waals surface area contributed by atoms with Gasteiger partial charge < -0.3 is 5.32 Å². The number of nitrogens with one attached hydrogen (secondary N) is 1. The molecule has 0 bridgehead atoms. The van der Waals surface area contributed by atoms with Gasteiger partial charge in [-0.25, -0.2) is 0 Å². The monoisotopic (exact) mass is 189 g/mol. The summed E-state index contributed by atoms with van der Waals surface area (Å²) in [5.41, 5.74) is 3.08. The summed E-state index contributed by atoms with van der Waals surface area (Å²) < 4.78 is 0. The molecule has 0 fully saturated rings. The van der Waals surface area contributed by atoms with Gasteiger partial charge in [0.1, 0.15) is 0 Å². The lowest BCUT2D eigenvalue weighted by atomic mass is 9.88. The van der Waals surface area contributed by atoms with Crippen LogP contribution in [0.15, 0.2) is 24.3 Å². The van der Waals surface area contributed by atoms with Gasteiger partial charge in [-0.3, -0.25) is 0 Å². The van der Waals surface area contributed by atoms with Crippen LogP contribution < -0.4 is 5.32 Å². The molecule has 0 radical (unpaired) electrons. The van der Waals surface area contributed by atoms with Crippen molar-refractivity contribution in [2.24, 2.45) is 0 Å². The second-order valence-corrected chi connectivity index (χ2v) is 4.10. The first-order chi connectivity index (χ1) is 6.92. The first kappa shape index (κ1) is 9.72. The molecule has 14 heavy (non-hydrogen) atoms. The SMILES string of the molecule is CCCN[C@H]1CCCc2ccccc21. The first-order valence-electron chi connectivity index (χ1n) is 5.73. The van der Waals surface area contributed by atoms with Crippen molar-refractivity contribution in [1.82, 2.24) is 5.32 Å². The molecule has 0 unspecified atom stereocenters. The van der Waals surface area contributed by atoms with E-state index in [0.29, 0.717) is 6.04 Å². The van der Waals surface area contributed by atoms with E-state index in [1.165, 1.54) is 31.2 Å². The van der Waals surface area contributed by atoms with E-state index in [1.807, 2.05) is 0 Å². The number of hydrogen-bond acceptors (Lipinski definition) is 1. The third-order valence-electron chi connectivity index (χ3n) is 3.01. The molecule has 0 saturated heterocycles. The van der Waals surface area contributed by atoms with Gasteiger partial charge in [0.25, 0.3) is 0 Å². The summed E-state index contributed by atoms with van der Waals surface area (Å²) in [6, 6.07) is 9.47. The summed E-state index contributed by atoms with van der Waals surface area (Å²) in [4.78, 5) is 0. The van der Waals surface area contributed by atoms with E-state index in [4.69, 9.17) is 0 Å². The lowest BCUT2D eigenvalue weighted by molar-refractivity contribution is 0.460. The van der Waals surface area contributed by atoms with Gasteiger partial charge in [0.05, 0.1) is 0 Å². The lowest BCUT2D eigenvalue weighted by Gasteiger charge is -2.26. The molecular weight excluding hydrogens is 170 g/mol. The standard InChI is InChI=1S/C13H19N/c1-2-10-14-13-9-5-7-11-6-3-4-8-12(11)13/h3-4,6,8,13-14H,2,5,7,9-10H2,1H3/t13-/m0/s1. The fourth-order valence-electron chi connectivity index (χ4n) is 2.28. The fourth-order valence-corrected chi connectivity index (χ4v) is 2.28. The number of rotatable bonds is 3. The topological polar surface area (TPSA) is 12.0 Å². The molecule has 2 rings (SSSR count). The van der Waals surface area contributed by atoms with E-state index in [0.717, 1.165) is 6.54 Å². The maximum atomic E-state index is 3.63. The molecule has 0 aromatic heterocycles. The van der Waals surface area contributed by atoms with Crippen LogP contribution in [0.25, 0.3) is 0 Å². The normalized spacial score (nSPS) is 20.5. The van der Waals surface area contributed by atoms with Crippen molar-refractivity contribution in [2.45, 2.75) is 38.6 Å². The Morgan fingerprint density at radius 3 is 3.07 bits per heavy atom. The highest BCUT2D eigenvalue weighted by molar-refractivity contribution is 5.32. The van der Waals surface area contributed by atoms with Crippen LogP contribution >= 0.6 is 0 Å². The van der Waals surface area contributed by atoms with Crippen molar-refractivity contribution in [3.8, 4) is 0 Å². The molecule has 0 amide bonds. The second kappa shape index (κ2) is 4.61. The third-order valence-corrected chi connectivity index (χ3v) is 3.01. The summed E-state index contributed by atoms with van der Waals surface area (Å²) in [5.74, 6) is 0. The Hall–Kier alpha value is -0.820. The highest BCUT2D eigenvalue weighted by atomic mass is 14.9. The molecule has 1 heteroatoms. The van der Waals surface area contributed by atoms with Crippen LogP contribution in [-0.4, -0.2) is 6.54 Å². The molecule has 1 nitrogen and oxygen atoms in total. The van der Waals surface area contributed by atoms with Crippen molar-refractivity contribution in [3.63, 3.8) is 0 Å². The number of hydrogen-bond donors (Lipinski definition) is 1. The van der Waals surface area contributed by atoms with Crippen molar-refractivity contribution in [3.05, 3.63) is 35.4 Å². The molecule has 0 aliphatic heterocycles. The molecule has 0 heterocycles. The molecule has 1 N–H and O–H groups in total. The maximum Gasteiger partial charge on any atom is 0.0323 e. The first-order valence-corrected chi connectivity index (χ1v) is 5.73. The highest BCUT2D eigenvalue weighted by Crippen LogP contribution is 2.29. The molecule has 1 atom stereocenters. The van der Waals surface area contributed by atoms with Crippen LogP contribution in [0, 0.1) is 0 Å². The Kier molecular flexibility index (Phi) is 3.20. The summed E-state index contributed by atoms with van der Waals surface area (Å²) >= 11 is 0. The van der Waals surface area contributed by atoms with Crippen LogP contribution in [0.3, 0.4) is 0 Å². The third kappa shape index (κ3) is 1.98. The molecule has 1 aromatic rings. The fraction of sp³-hybridized carbons (Fsp3) is 0.538. The van der Waals surface area contributed by atoms with E-state index < -0.39 is 0 Å². The van der Waals surface area contributed by atoms with Crippen LogP contribution in [0.2, 0.25) is 0 Å². The predicted octanol–water partition coefficient (Wildman–Crippen LogP) is 3.06. The Balaban J connectivity index is 2.14. The molecule has 1 aliphatic carbocycles. The maximum absolute atomic E-state index is 3.63. The van der Waals surface area contributed by atoms with Gasteiger partial charge in [0.2, 0.25) is 0 Å². The molecule has 1 aliphatic rings. The minimum Gasteiger partial charge on any atom is -0.310 e. The lowest BCUT2D eigenvalue weighted by Crippen LogP contribution is -2.25. The number of aryl methyl sites for hydroxylation is 1. The quantitative estimate of drug-likeness (QED) is 0.770. The van der Waals surface area contributed by atoms with Crippen LogP contribution in [0.4, 0.5) is 0 Å². The van der Waals surface area contributed by atoms with Crippen LogP contribution in [0.5, 0.6) is 0 Å². The Morgan fingerprint density at radius 2 is 2.21 bits per heavy atom. The summed E-state index contributed by atoms with van der Waals surface area (Å²) in [5, 5.41) is 3.63. The highest BCUT2D eigenvalue weighted by Gasteiger charge is 2.18. The Morgan fingerprint density at radius 1 is 1.36 bits per heavy atom. The van der Waals surface area contributed by atoms with E-state index in [-0.39, 0.29) is 0 Å². The molecule has 0 saturated carbocycles. The second-order valence-electron chi connectivity index (χ2n) is 4.10. The van der Waals surface area contributed by atoms with Gasteiger partial charge in [-0.15, -0.1) is 0 Å². The zero-order chi connectivity index (χ0) is 9.80. The van der Waals surface area contributed by atoms with Gasteiger partial charge in [-0.05, 0) is 43.4 Å². The predicted molar refractivity (Wildman–Crippen MR) is 60.4 cm³/mol. The molecular formula is C13H19N. The van der Waals surface area contributed by atoms with Crippen molar-refractivity contribution in [2.75, 3.05) is 6.54 Å². The van der Waals surface area contributed by atoms with Gasteiger partial charge in [0, 0.05) is 6.04 Å². The van der Waals surface area contributed by atoms with Crippen molar-refractivity contribution < 1.29 is 0 Å². The minimum atomic E-state index is 0.611. The molecule has 76 valence electrons. The zero-order valence-corrected chi connectivity index (χ0v) is 8.92. The average Bonchev–Trinajstić information content (AvgIpc) is 2.26. The summed E-state index contributed by atoms with van der Waals surface area (Å²) in [6.07, 6.45) is 5.12. The van der Waals surface area contributed by atoms with Crippen molar-refractivity contribution in [1.29, 1.82) is 0 Å². The Bertz CT molecular complexity index is 293. The summed E-state index contributed by atoms with van der Waals surface area (Å²) in [6.45, 7) is 3.36. The van der Waals surface area contributed by atoms with Crippen LogP contribution in [0.1, 0.15) is 43.4 Å². The summed E-state index contributed by atoms with van der Waals surface area (Å²) in [7, 11) is 0. The van der Waals surface area contributed by atoms with Crippen LogP contribution in [-0.2, 0) is 6.42 Å². The van der Waals surface area contributed by atoms with E-state index >= 15 is 0 Å². The zero-order valence-electron chi connectivity index (χ0n) is 8.92. The molecule has 0 spiro atoms. The van der Waals surface area contributed by atoms with E-state index in [1.54, 1.807) is 5.56 Å². The number of fused-ring (bicyclic) bond motifs is 1. The van der Waals surface area contributed by atoms with Gasteiger partial charge in [-0.1, -0.05) is 31.2 Å². The Labute approximate surface area is 86.5 Å². The van der Waals surface area contributed by atoms with E-state index in [9.17, 15) is 0 Å². The molecule has 1 aromatic carbocycles. The smallest absolute Gasteiger partial charge is 0.0323 e. The van der Waals surface area contributed by atoms with Gasteiger partial charge in [-0.2, -0.15) is 0 Å². The average molecular weight is 189 g/mol. The number of benzene rings is 1. The van der Waals surface area contributed by atoms with Crippen molar-refractivity contribution >= 4 is 0 Å². The van der Waals surface area contributed by atoms with E-state index in [2.05, 4.69) is 36.5 Å².